The lowest BCUT2D eigenvalue weighted by Crippen LogP contribution is -2.33. The van der Waals surface area contributed by atoms with E-state index < -0.39 is 18.0 Å². The minimum atomic E-state index is -0.570. The van der Waals surface area contributed by atoms with Gasteiger partial charge in [0.2, 0.25) is 5.91 Å². The van der Waals surface area contributed by atoms with Crippen molar-refractivity contribution in [3.8, 4) is 16.5 Å². The predicted octanol–water partition coefficient (Wildman–Crippen LogP) is 2.81. The number of halogens is 1. The molecule has 1 aromatic heterocycles. The van der Waals surface area contributed by atoms with Gasteiger partial charge in [-0.05, 0) is 25.1 Å². The number of aromatic nitrogens is 1. The number of anilines is 1. The van der Waals surface area contributed by atoms with Crippen LogP contribution in [0.2, 0.25) is 0 Å². The maximum atomic E-state index is 14.6. The molecule has 0 bridgehead atoms. The number of cyclic esters (lactones) is 1. The van der Waals surface area contributed by atoms with E-state index in [0.717, 1.165) is 0 Å². The molecule has 1 aliphatic heterocycles. The van der Waals surface area contributed by atoms with Crippen LogP contribution < -0.4 is 15.0 Å². The number of benzene rings is 1. The number of hydrogen-bond acceptors (Lipinski definition) is 6. The number of nitrogens with zero attached hydrogens (tertiary/aromatic N) is 2. The number of thiazole rings is 1. The van der Waals surface area contributed by atoms with Gasteiger partial charge in [0.25, 0.3) is 5.19 Å². The van der Waals surface area contributed by atoms with E-state index in [9.17, 15) is 14.0 Å². The Bertz CT molecular complexity index is 826. The van der Waals surface area contributed by atoms with Gasteiger partial charge in [-0.1, -0.05) is 11.3 Å². The number of nitrogens with one attached hydrogen (secondary N) is 1. The highest BCUT2D eigenvalue weighted by Crippen LogP contribution is 2.31. The summed E-state index contributed by atoms with van der Waals surface area (Å²) in [6, 6.07) is 4.49. The van der Waals surface area contributed by atoms with Crippen LogP contribution in [0.4, 0.5) is 14.9 Å². The first-order valence-electron chi connectivity index (χ1n) is 8.08. The minimum Gasteiger partial charge on any atom is -0.470 e. The van der Waals surface area contributed by atoms with Crippen LogP contribution in [0.1, 0.15) is 13.8 Å². The van der Waals surface area contributed by atoms with Gasteiger partial charge in [0.1, 0.15) is 11.9 Å². The molecule has 2 amide bonds. The van der Waals surface area contributed by atoms with Gasteiger partial charge >= 0.3 is 6.09 Å². The molecule has 0 spiro atoms. The van der Waals surface area contributed by atoms with Crippen LogP contribution in [0.5, 0.6) is 5.19 Å². The molecule has 0 radical (unpaired) electrons. The van der Waals surface area contributed by atoms with Crippen molar-refractivity contribution in [2.24, 2.45) is 0 Å². The van der Waals surface area contributed by atoms with Crippen molar-refractivity contribution < 1.29 is 23.5 Å². The Morgan fingerprint density at radius 2 is 2.35 bits per heavy atom. The molecule has 2 aromatic rings. The van der Waals surface area contributed by atoms with Gasteiger partial charge in [0.15, 0.2) is 0 Å². The molecule has 1 aromatic carbocycles. The van der Waals surface area contributed by atoms with Gasteiger partial charge in [0, 0.05) is 17.9 Å². The van der Waals surface area contributed by atoms with E-state index in [4.69, 9.17) is 9.47 Å². The van der Waals surface area contributed by atoms with Crippen LogP contribution in [-0.4, -0.2) is 42.8 Å². The van der Waals surface area contributed by atoms with Crippen molar-refractivity contribution >= 4 is 29.0 Å². The van der Waals surface area contributed by atoms with Crippen LogP contribution in [0.3, 0.4) is 0 Å². The molecular formula is C17H18FN3O4S. The molecule has 9 heteroatoms. The van der Waals surface area contributed by atoms with Crippen LogP contribution in [0.15, 0.2) is 23.6 Å². The lowest BCUT2D eigenvalue weighted by atomic mass is 10.1. The Labute approximate surface area is 153 Å². The van der Waals surface area contributed by atoms with Crippen molar-refractivity contribution in [2.75, 3.05) is 24.6 Å². The number of rotatable bonds is 6. The van der Waals surface area contributed by atoms with Crippen LogP contribution >= 0.6 is 11.3 Å². The van der Waals surface area contributed by atoms with Gasteiger partial charge in [-0.25, -0.2) is 14.2 Å². The van der Waals surface area contributed by atoms with Gasteiger partial charge in [-0.2, -0.15) is 0 Å². The number of amides is 2. The molecule has 1 fully saturated rings. The fourth-order valence-corrected chi connectivity index (χ4v) is 3.28. The molecule has 7 nitrogen and oxygen atoms in total. The minimum absolute atomic E-state index is 0.204. The second kappa shape index (κ2) is 7.69. The summed E-state index contributed by atoms with van der Waals surface area (Å²) >= 11 is 1.30. The lowest BCUT2D eigenvalue weighted by molar-refractivity contribution is -0.119. The second-order valence-corrected chi connectivity index (χ2v) is 6.47. The Morgan fingerprint density at radius 1 is 1.54 bits per heavy atom. The SMILES string of the molecule is CCOc1nc(-c2ccc(N3C[C@H](CNC(C)=O)OC3=O)cc2F)cs1. The van der Waals surface area contributed by atoms with E-state index in [1.54, 1.807) is 17.5 Å². The summed E-state index contributed by atoms with van der Waals surface area (Å²) in [5.74, 6) is -0.696. The quantitative estimate of drug-likeness (QED) is 0.835. The van der Waals surface area contributed by atoms with Gasteiger partial charge < -0.3 is 14.8 Å². The van der Waals surface area contributed by atoms with Crippen LogP contribution in [-0.2, 0) is 9.53 Å². The van der Waals surface area contributed by atoms with Crippen LogP contribution in [0.25, 0.3) is 11.3 Å². The third-order valence-electron chi connectivity index (χ3n) is 3.74. The fourth-order valence-electron chi connectivity index (χ4n) is 2.55. The van der Waals surface area contributed by atoms with Gasteiger partial charge in [0.05, 0.1) is 31.1 Å². The molecule has 3 rings (SSSR count). The normalized spacial score (nSPS) is 16.5. The van der Waals surface area contributed by atoms with Crippen LogP contribution in [0, 0.1) is 5.82 Å². The molecule has 0 unspecified atom stereocenters. The fraction of sp³-hybridized carbons (Fsp3) is 0.353. The van der Waals surface area contributed by atoms with Crippen molar-refractivity contribution in [1.82, 2.24) is 10.3 Å². The molecular weight excluding hydrogens is 361 g/mol. The maximum Gasteiger partial charge on any atom is 0.414 e. The molecule has 138 valence electrons. The average molecular weight is 379 g/mol. The molecule has 1 N–H and O–H groups in total. The third kappa shape index (κ3) is 3.93. The van der Waals surface area contributed by atoms with E-state index in [-0.39, 0.29) is 19.0 Å². The summed E-state index contributed by atoms with van der Waals surface area (Å²) in [4.78, 5) is 28.6. The molecule has 0 saturated carbocycles. The van der Waals surface area contributed by atoms with E-state index >= 15 is 0 Å². The number of hydrogen-bond donors (Lipinski definition) is 1. The highest BCUT2D eigenvalue weighted by atomic mass is 32.1. The smallest absolute Gasteiger partial charge is 0.414 e. The number of carbonyl (C=O) groups is 2. The first-order chi connectivity index (χ1) is 12.5. The predicted molar refractivity (Wildman–Crippen MR) is 95.0 cm³/mol. The second-order valence-electron chi connectivity index (χ2n) is 5.65. The molecule has 26 heavy (non-hydrogen) atoms. The Morgan fingerprint density at radius 3 is 3.04 bits per heavy atom. The largest absolute Gasteiger partial charge is 0.470 e. The molecule has 2 heterocycles. The summed E-state index contributed by atoms with van der Waals surface area (Å²) in [7, 11) is 0. The zero-order valence-corrected chi connectivity index (χ0v) is 15.1. The average Bonchev–Trinajstić information content (AvgIpc) is 3.20. The number of carbonyl (C=O) groups excluding carboxylic acids is 2. The highest BCUT2D eigenvalue weighted by molar-refractivity contribution is 7.11. The zero-order valence-electron chi connectivity index (χ0n) is 14.3. The number of ether oxygens (including phenoxy) is 2. The highest BCUT2D eigenvalue weighted by Gasteiger charge is 2.32. The summed E-state index contributed by atoms with van der Waals surface area (Å²) in [6.07, 6.45) is -1.04. The molecule has 1 saturated heterocycles. The van der Waals surface area contributed by atoms with E-state index in [0.29, 0.717) is 28.7 Å². The van der Waals surface area contributed by atoms with E-state index in [1.165, 1.54) is 29.2 Å². The lowest BCUT2D eigenvalue weighted by Gasteiger charge is -2.14. The molecule has 1 aliphatic rings. The maximum absolute atomic E-state index is 14.6. The summed E-state index contributed by atoms with van der Waals surface area (Å²) in [6.45, 7) is 4.19. The Kier molecular flexibility index (Phi) is 5.36. The first kappa shape index (κ1) is 18.1. The van der Waals surface area contributed by atoms with Gasteiger partial charge in [-0.3, -0.25) is 9.69 Å². The third-order valence-corrected chi connectivity index (χ3v) is 4.50. The summed E-state index contributed by atoms with van der Waals surface area (Å²) < 4.78 is 25.0. The van der Waals surface area contributed by atoms with Crippen molar-refractivity contribution in [3.63, 3.8) is 0 Å². The van der Waals surface area contributed by atoms with E-state index in [2.05, 4.69) is 10.3 Å². The van der Waals surface area contributed by atoms with E-state index in [1.807, 2.05) is 6.92 Å². The Hall–Kier alpha value is -2.68. The topological polar surface area (TPSA) is 80.8 Å². The van der Waals surface area contributed by atoms with Crippen molar-refractivity contribution in [1.29, 1.82) is 0 Å². The van der Waals surface area contributed by atoms with Crippen molar-refractivity contribution in [2.45, 2.75) is 20.0 Å². The van der Waals surface area contributed by atoms with Crippen molar-refractivity contribution in [3.05, 3.63) is 29.4 Å². The molecule has 0 aliphatic carbocycles. The standard InChI is InChI=1S/C17H18FN3O4S/c1-3-24-16-20-15(9-26-16)13-5-4-11(6-14(13)18)21-8-12(25-17(21)23)7-19-10(2)22/h4-6,9,12H,3,7-8H2,1-2H3,(H,19,22)/t12-/m0/s1. The Balaban J connectivity index is 1.74. The van der Waals surface area contributed by atoms with Gasteiger partial charge in [-0.15, -0.1) is 0 Å². The zero-order chi connectivity index (χ0) is 18.7. The first-order valence-corrected chi connectivity index (χ1v) is 8.96. The monoisotopic (exact) mass is 379 g/mol. The summed E-state index contributed by atoms with van der Waals surface area (Å²) in [5, 5.41) is 4.80. The molecule has 1 atom stereocenters. The summed E-state index contributed by atoms with van der Waals surface area (Å²) in [5.41, 5.74) is 1.20.